The molecule has 0 atom stereocenters. The highest BCUT2D eigenvalue weighted by atomic mass is 79.9. The van der Waals surface area contributed by atoms with E-state index in [0.29, 0.717) is 41.2 Å². The Morgan fingerprint density at radius 2 is 1.97 bits per heavy atom. The largest absolute Gasteiger partial charge is 0.506 e. The van der Waals surface area contributed by atoms with Crippen LogP contribution >= 0.6 is 27.5 Å². The van der Waals surface area contributed by atoms with Gasteiger partial charge in [0.25, 0.3) is 5.91 Å². The van der Waals surface area contributed by atoms with E-state index in [2.05, 4.69) is 31.8 Å². The normalized spacial score (nSPS) is 10.9. The van der Waals surface area contributed by atoms with Gasteiger partial charge in [-0.15, -0.1) is 0 Å². The maximum absolute atomic E-state index is 12.2. The molecular formula is C24H24BrClN4O4. The summed E-state index contributed by atoms with van der Waals surface area (Å²) in [6.07, 6.45) is 1.48. The zero-order valence-corrected chi connectivity index (χ0v) is 20.7. The summed E-state index contributed by atoms with van der Waals surface area (Å²) in [5.41, 5.74) is 10.9. The van der Waals surface area contributed by atoms with Crippen LogP contribution in [0.3, 0.4) is 0 Å². The first-order valence-corrected chi connectivity index (χ1v) is 11.4. The maximum atomic E-state index is 12.2. The Morgan fingerprint density at radius 3 is 2.68 bits per heavy atom. The average molecular weight is 548 g/mol. The molecule has 0 unspecified atom stereocenters. The van der Waals surface area contributed by atoms with Gasteiger partial charge in [-0.3, -0.25) is 4.79 Å². The Morgan fingerprint density at radius 1 is 1.21 bits per heavy atom. The number of ether oxygens (including phenoxy) is 2. The molecule has 178 valence electrons. The Labute approximate surface area is 210 Å². The number of nitrogens with zero attached hydrogens (tertiary/aromatic N) is 1. The molecule has 5 N–H and O–H groups in total. The van der Waals surface area contributed by atoms with E-state index in [0.717, 1.165) is 11.3 Å². The van der Waals surface area contributed by atoms with Gasteiger partial charge in [0.2, 0.25) is 0 Å². The van der Waals surface area contributed by atoms with Crippen molar-refractivity contribution in [1.82, 2.24) is 10.7 Å². The van der Waals surface area contributed by atoms with Gasteiger partial charge in [0, 0.05) is 24.3 Å². The number of hydrogen-bond donors (Lipinski definition) is 4. The van der Waals surface area contributed by atoms with Crippen molar-refractivity contribution in [2.45, 2.75) is 6.54 Å². The first kappa shape index (κ1) is 25.4. The highest BCUT2D eigenvalue weighted by Crippen LogP contribution is 2.36. The summed E-state index contributed by atoms with van der Waals surface area (Å²) in [6, 6.07) is 15.4. The monoisotopic (exact) mass is 546 g/mol. The second-order valence-corrected chi connectivity index (χ2v) is 8.43. The fourth-order valence-electron chi connectivity index (χ4n) is 2.93. The van der Waals surface area contributed by atoms with Gasteiger partial charge in [0.1, 0.15) is 12.4 Å². The Balaban J connectivity index is 1.54. The number of hydrazone groups is 1. The number of phenols is 1. The Kier molecular flexibility index (Phi) is 9.15. The summed E-state index contributed by atoms with van der Waals surface area (Å²) in [5.74, 6) is 0.525. The molecule has 3 aromatic carbocycles. The molecule has 0 aliphatic heterocycles. The molecule has 0 saturated carbocycles. The number of halogens is 2. The molecule has 0 radical (unpaired) electrons. The number of carbonyl (C=O) groups excluding carboxylic acids is 1. The molecule has 8 nitrogen and oxygen atoms in total. The first-order valence-electron chi connectivity index (χ1n) is 10.2. The van der Waals surface area contributed by atoms with Crippen LogP contribution in [0.2, 0.25) is 5.02 Å². The van der Waals surface area contributed by atoms with Crippen LogP contribution in [0.5, 0.6) is 17.2 Å². The van der Waals surface area contributed by atoms with Gasteiger partial charge in [0.05, 0.1) is 22.8 Å². The quantitative estimate of drug-likeness (QED) is 0.130. The van der Waals surface area contributed by atoms with Crippen molar-refractivity contribution in [3.63, 3.8) is 0 Å². The second kappa shape index (κ2) is 12.3. The van der Waals surface area contributed by atoms with Crippen molar-refractivity contribution in [3.8, 4) is 17.2 Å². The number of rotatable bonds is 10. The summed E-state index contributed by atoms with van der Waals surface area (Å²) < 4.78 is 12.0. The second-order valence-electron chi connectivity index (χ2n) is 7.17. The molecule has 0 bridgehead atoms. The first-order chi connectivity index (χ1) is 16.4. The lowest BCUT2D eigenvalue weighted by Crippen LogP contribution is -2.20. The zero-order chi connectivity index (χ0) is 24.5. The number of phenolic OH excluding ortho intramolecular Hbond substituents is 1. The smallest absolute Gasteiger partial charge is 0.271 e. The van der Waals surface area contributed by atoms with Crippen molar-refractivity contribution >= 4 is 45.3 Å². The molecule has 1 amide bonds. The van der Waals surface area contributed by atoms with Gasteiger partial charge in [-0.1, -0.05) is 23.7 Å². The van der Waals surface area contributed by atoms with Crippen molar-refractivity contribution in [2.75, 3.05) is 26.0 Å². The Hall–Kier alpha value is -3.27. The van der Waals surface area contributed by atoms with Crippen LogP contribution in [-0.4, -0.2) is 37.5 Å². The predicted molar refractivity (Wildman–Crippen MR) is 137 cm³/mol. The number of aromatic hydroxyl groups is 1. The Bertz CT molecular complexity index is 1170. The zero-order valence-electron chi connectivity index (χ0n) is 18.3. The molecule has 0 aromatic heterocycles. The molecule has 0 heterocycles. The van der Waals surface area contributed by atoms with E-state index in [1.807, 2.05) is 24.3 Å². The number of carbonyl (C=O) groups is 1. The van der Waals surface area contributed by atoms with Crippen LogP contribution in [0, 0.1) is 0 Å². The van der Waals surface area contributed by atoms with Crippen molar-refractivity contribution in [1.29, 1.82) is 0 Å². The van der Waals surface area contributed by atoms with E-state index in [-0.39, 0.29) is 16.3 Å². The lowest BCUT2D eigenvalue weighted by molar-refractivity contribution is 0.0955. The van der Waals surface area contributed by atoms with Gasteiger partial charge in [-0.2, -0.15) is 5.10 Å². The van der Waals surface area contributed by atoms with Gasteiger partial charge in [-0.05, 0) is 69.5 Å². The minimum absolute atomic E-state index is 0.0846. The molecule has 0 aliphatic rings. The number of hydrogen-bond acceptors (Lipinski definition) is 7. The molecule has 3 aromatic rings. The van der Waals surface area contributed by atoms with Gasteiger partial charge >= 0.3 is 0 Å². The number of amides is 1. The van der Waals surface area contributed by atoms with E-state index in [9.17, 15) is 9.90 Å². The van der Waals surface area contributed by atoms with Gasteiger partial charge in [0.15, 0.2) is 11.5 Å². The third kappa shape index (κ3) is 7.11. The minimum atomic E-state index is -0.462. The van der Waals surface area contributed by atoms with Crippen LogP contribution in [0.15, 0.2) is 64.2 Å². The summed E-state index contributed by atoms with van der Waals surface area (Å²) >= 11 is 9.33. The lowest BCUT2D eigenvalue weighted by atomic mass is 10.2. The van der Waals surface area contributed by atoms with Crippen LogP contribution in [0.4, 0.5) is 5.69 Å². The van der Waals surface area contributed by atoms with Crippen molar-refractivity contribution in [3.05, 3.63) is 80.8 Å². The van der Waals surface area contributed by atoms with E-state index >= 15 is 0 Å². The fourth-order valence-corrected chi connectivity index (χ4v) is 3.68. The topological polar surface area (TPSA) is 118 Å². The molecule has 10 heteroatoms. The standard InChI is InChI=1S/C24H24BrClN4O4/c1-33-22-11-16(14-29-30-24(32)17-4-7-21(31)20(26)12-17)10-19(25)23(22)34-9-8-28-13-15-2-5-18(27)6-3-15/h2-7,10-12,14,28,31H,8-9,13,27H2,1H3,(H,30,32)/b29-14+. The van der Waals surface area contributed by atoms with E-state index in [1.54, 1.807) is 19.2 Å². The molecule has 0 spiro atoms. The average Bonchev–Trinajstić information content (AvgIpc) is 2.82. The van der Waals surface area contributed by atoms with Crippen molar-refractivity contribution < 1.29 is 19.4 Å². The predicted octanol–water partition coefficient (Wildman–Crippen LogP) is 4.33. The third-order valence-electron chi connectivity index (χ3n) is 4.68. The van der Waals surface area contributed by atoms with Gasteiger partial charge < -0.3 is 25.6 Å². The maximum Gasteiger partial charge on any atom is 0.271 e. The highest BCUT2D eigenvalue weighted by Gasteiger charge is 2.12. The number of anilines is 1. The van der Waals surface area contributed by atoms with Crippen LogP contribution in [-0.2, 0) is 6.54 Å². The van der Waals surface area contributed by atoms with Crippen LogP contribution < -0.4 is 25.9 Å². The molecule has 0 aliphatic carbocycles. The van der Waals surface area contributed by atoms with E-state index in [1.165, 1.54) is 24.4 Å². The van der Waals surface area contributed by atoms with E-state index < -0.39 is 5.91 Å². The highest BCUT2D eigenvalue weighted by molar-refractivity contribution is 9.10. The van der Waals surface area contributed by atoms with Crippen LogP contribution in [0.25, 0.3) is 0 Å². The number of methoxy groups -OCH3 is 1. The van der Waals surface area contributed by atoms with Crippen LogP contribution in [0.1, 0.15) is 21.5 Å². The number of nitrogens with two attached hydrogens (primary N) is 1. The SMILES string of the molecule is COc1cc(/C=N/NC(=O)c2ccc(O)c(Cl)c2)cc(Br)c1OCCNCc1ccc(N)cc1. The summed E-state index contributed by atoms with van der Waals surface area (Å²) in [6.45, 7) is 1.78. The third-order valence-corrected chi connectivity index (χ3v) is 5.57. The lowest BCUT2D eigenvalue weighted by Gasteiger charge is -2.14. The van der Waals surface area contributed by atoms with Gasteiger partial charge in [-0.25, -0.2) is 5.43 Å². The summed E-state index contributed by atoms with van der Waals surface area (Å²) in [4.78, 5) is 12.2. The fraction of sp³-hybridized carbons (Fsp3) is 0.167. The summed E-state index contributed by atoms with van der Waals surface area (Å²) in [5, 5.41) is 16.8. The molecular weight excluding hydrogens is 524 g/mol. The van der Waals surface area contributed by atoms with E-state index in [4.69, 9.17) is 26.8 Å². The molecule has 34 heavy (non-hydrogen) atoms. The number of nitrogen functional groups attached to an aromatic ring is 1. The molecule has 3 rings (SSSR count). The summed E-state index contributed by atoms with van der Waals surface area (Å²) in [7, 11) is 1.55. The molecule has 0 fully saturated rings. The van der Waals surface area contributed by atoms with Crippen molar-refractivity contribution in [2.24, 2.45) is 5.10 Å². The number of nitrogens with one attached hydrogen (secondary N) is 2. The molecule has 0 saturated heterocycles. The number of benzene rings is 3. The minimum Gasteiger partial charge on any atom is -0.506 e.